The van der Waals surface area contributed by atoms with E-state index in [1.807, 2.05) is 65.3 Å². The number of rotatable bonds is 27. The first kappa shape index (κ1) is 53.5. The molecule has 1 aliphatic rings. The van der Waals surface area contributed by atoms with Crippen LogP contribution in [-0.4, -0.2) is 123 Å². The number of carbonyl (C=O) groups excluding carboxylic acids is 5. The summed E-state index contributed by atoms with van der Waals surface area (Å²) in [5, 5.41) is 58.2. The summed E-state index contributed by atoms with van der Waals surface area (Å²) in [6, 6.07) is 9.92. The molecule has 1 aromatic heterocycles. The van der Waals surface area contributed by atoms with Crippen LogP contribution in [0.1, 0.15) is 80.1 Å². The normalized spacial score (nSPS) is 16.2. The van der Waals surface area contributed by atoms with E-state index < -0.39 is 97.0 Å². The fourth-order valence-electron chi connectivity index (χ4n) is 7.39. The molecule has 1 aliphatic carbocycles. The molecule has 23 nitrogen and oxygen atoms in total. The number of nitrogens with zero attached hydrogens (tertiary/aromatic N) is 2. The number of aromatic nitrogens is 1. The molecule has 1 fully saturated rings. The Kier molecular flexibility index (Phi) is 21.6. The first-order chi connectivity index (χ1) is 32.5. The number of carboxylic acids is 4. The first-order valence-corrected chi connectivity index (χ1v) is 22.8. The molecule has 3 aromatic rings. The number of hydrogen-bond acceptors (Lipinski definition) is 12. The number of fused-ring (bicyclic) bond motifs is 1. The Morgan fingerprint density at radius 1 is 0.721 bits per heavy atom. The zero-order valence-electron chi connectivity index (χ0n) is 36.7. The largest absolute Gasteiger partial charge is 0.481 e. The highest BCUT2D eigenvalue weighted by Gasteiger charge is 2.31. The van der Waals surface area contributed by atoms with Crippen molar-refractivity contribution in [3.05, 3.63) is 71.9 Å². The Bertz CT molecular complexity index is 2290. The SMILES string of the molecule is O=C(O)CCC(NC(=O)NC(CCCCNC(=O)C(Cc1ccc2ccccc2c1)NC(=O)C1CCC(CNC(=O)C(CC(=O)O)NC(=O)c2ccc(N/N=C/NI)nc2)CC1)C(=O)O)C(=O)O. The highest BCUT2D eigenvalue weighted by molar-refractivity contribution is 14.1. The lowest BCUT2D eigenvalue weighted by Crippen LogP contribution is -2.51. The molecule has 4 rings (SSSR count). The van der Waals surface area contributed by atoms with E-state index in [0.29, 0.717) is 31.5 Å². The summed E-state index contributed by atoms with van der Waals surface area (Å²) in [6.07, 6.45) is 3.58. The first-order valence-electron chi connectivity index (χ1n) is 21.7. The van der Waals surface area contributed by atoms with Crippen molar-refractivity contribution in [1.29, 1.82) is 0 Å². The van der Waals surface area contributed by atoms with Crippen molar-refractivity contribution in [3.63, 3.8) is 0 Å². The summed E-state index contributed by atoms with van der Waals surface area (Å²) in [4.78, 5) is 116. The maximum atomic E-state index is 13.7. The summed E-state index contributed by atoms with van der Waals surface area (Å²) in [5.74, 6) is -7.76. The number of aliphatic carboxylic acids is 4. The minimum atomic E-state index is -1.55. The molecule has 0 saturated heterocycles. The average molecular weight is 1060 g/mol. The van der Waals surface area contributed by atoms with Gasteiger partial charge in [0.05, 0.1) is 34.8 Å². The van der Waals surface area contributed by atoms with Crippen molar-refractivity contribution in [2.24, 2.45) is 16.9 Å². The number of hydrazone groups is 1. The minimum absolute atomic E-state index is 0.0500. The second-order valence-electron chi connectivity index (χ2n) is 16.1. The second kappa shape index (κ2) is 27.5. The third kappa shape index (κ3) is 18.3. The van der Waals surface area contributed by atoms with Gasteiger partial charge in [-0.15, -0.1) is 0 Å². The van der Waals surface area contributed by atoms with E-state index >= 15 is 0 Å². The van der Waals surface area contributed by atoms with Gasteiger partial charge >= 0.3 is 29.9 Å². The number of carbonyl (C=O) groups is 9. The number of unbranched alkanes of at least 4 members (excludes halogenated alkanes) is 1. The molecule has 0 aliphatic heterocycles. The van der Waals surface area contributed by atoms with Crippen molar-refractivity contribution >= 4 is 99.3 Å². The molecule has 12 N–H and O–H groups in total. The van der Waals surface area contributed by atoms with Crippen molar-refractivity contribution in [3.8, 4) is 0 Å². The molecule has 4 unspecified atom stereocenters. The monoisotopic (exact) mass is 1060 g/mol. The number of carboxylic acid groups (broad SMARTS) is 4. The molecule has 366 valence electrons. The lowest BCUT2D eigenvalue weighted by atomic mass is 9.81. The number of hydrogen-bond donors (Lipinski definition) is 12. The number of anilines is 1. The standard InChI is InChI=1S/C44H55IN10O13/c45-49-24-50-55-35-16-14-30(23-47-35)39(61)52-34(21-37(58)59)41(63)48-22-25-8-12-28(13-9-25)38(60)51-33(20-26-10-11-27-5-1-2-6-29(27)19-26)40(62)46-18-4-3-7-31(42(64)65)53-44(68)54-32(43(66)67)15-17-36(56)57/h1-2,5-6,10-11,14,16,19,23-25,28,31-34H,3-4,7-9,12-13,15,17-18,20-22H2,(H,46,62)(H,47,55)(H,48,63)(H,49,50)(H,51,60)(H,52,61)(H,56,57)(H,58,59)(H,64,65)(H,66,67)(H2,53,54,68). The zero-order chi connectivity index (χ0) is 49.6. The Hall–Kier alpha value is -7.12. The van der Waals surface area contributed by atoms with Gasteiger partial charge in [-0.05, 0) is 85.8 Å². The third-order valence-corrected chi connectivity index (χ3v) is 11.3. The number of urea groups is 1. The van der Waals surface area contributed by atoms with Crippen LogP contribution in [0.5, 0.6) is 0 Å². The van der Waals surface area contributed by atoms with Crippen LogP contribution in [0.4, 0.5) is 10.6 Å². The predicted octanol–water partition coefficient (Wildman–Crippen LogP) is 2.11. The number of amides is 6. The fourth-order valence-corrected chi connectivity index (χ4v) is 7.53. The Morgan fingerprint density at radius 3 is 2.03 bits per heavy atom. The van der Waals surface area contributed by atoms with Crippen LogP contribution in [0.3, 0.4) is 0 Å². The molecule has 0 bridgehead atoms. The van der Waals surface area contributed by atoms with Gasteiger partial charge < -0.3 is 55.9 Å². The van der Waals surface area contributed by atoms with Crippen LogP contribution in [0.15, 0.2) is 65.9 Å². The van der Waals surface area contributed by atoms with Crippen molar-refractivity contribution in [1.82, 2.24) is 40.4 Å². The van der Waals surface area contributed by atoms with Crippen LogP contribution in [0.2, 0.25) is 0 Å². The molecule has 2 aromatic carbocycles. The second-order valence-corrected chi connectivity index (χ2v) is 16.7. The van der Waals surface area contributed by atoms with Gasteiger partial charge in [0, 0.05) is 38.0 Å². The smallest absolute Gasteiger partial charge is 0.326 e. The Labute approximate surface area is 403 Å². The molecule has 6 amide bonds. The molecule has 68 heavy (non-hydrogen) atoms. The molecular weight excluding hydrogens is 1000 g/mol. The highest BCUT2D eigenvalue weighted by Crippen LogP contribution is 2.29. The maximum absolute atomic E-state index is 13.7. The Balaban J connectivity index is 1.29. The molecular formula is C44H55IN10O13. The fraction of sp³-hybridized carbons (Fsp3) is 0.432. The summed E-state index contributed by atoms with van der Waals surface area (Å²) in [7, 11) is 0. The van der Waals surface area contributed by atoms with Crippen LogP contribution in [-0.2, 0) is 40.0 Å². The average Bonchev–Trinajstić information content (AvgIpc) is 3.31. The lowest BCUT2D eigenvalue weighted by molar-refractivity contribution is -0.141. The molecule has 0 radical (unpaired) electrons. The van der Waals surface area contributed by atoms with Crippen molar-refractivity contribution in [2.75, 3.05) is 18.5 Å². The van der Waals surface area contributed by atoms with Gasteiger partial charge in [-0.1, -0.05) is 42.5 Å². The maximum Gasteiger partial charge on any atom is 0.326 e. The van der Waals surface area contributed by atoms with Crippen molar-refractivity contribution in [2.45, 2.75) is 94.8 Å². The van der Waals surface area contributed by atoms with Gasteiger partial charge in [-0.3, -0.25) is 34.2 Å². The molecule has 4 atom stereocenters. The minimum Gasteiger partial charge on any atom is -0.481 e. The van der Waals surface area contributed by atoms with E-state index in [-0.39, 0.29) is 56.2 Å². The summed E-state index contributed by atoms with van der Waals surface area (Å²) < 4.78 is 2.67. The number of benzene rings is 2. The van der Waals surface area contributed by atoms with E-state index in [4.69, 9.17) is 5.11 Å². The third-order valence-electron chi connectivity index (χ3n) is 11.1. The number of nitrogens with one attached hydrogen (secondary N) is 8. The van der Waals surface area contributed by atoms with Crippen LogP contribution in [0.25, 0.3) is 10.8 Å². The molecule has 1 heterocycles. The zero-order valence-corrected chi connectivity index (χ0v) is 38.9. The van der Waals surface area contributed by atoms with E-state index in [9.17, 15) is 58.5 Å². The quantitative estimate of drug-likeness (QED) is 0.0130. The van der Waals surface area contributed by atoms with Gasteiger partial charge in [0.15, 0.2) is 0 Å². The van der Waals surface area contributed by atoms with Gasteiger partial charge in [0.1, 0.15) is 36.3 Å². The van der Waals surface area contributed by atoms with E-state index in [0.717, 1.165) is 16.3 Å². The van der Waals surface area contributed by atoms with Crippen LogP contribution >= 0.6 is 22.9 Å². The summed E-state index contributed by atoms with van der Waals surface area (Å²) >= 11 is 1.87. The van der Waals surface area contributed by atoms with E-state index in [2.05, 4.69) is 50.9 Å². The van der Waals surface area contributed by atoms with Gasteiger partial charge in [0.2, 0.25) is 17.7 Å². The molecule has 1 saturated carbocycles. The topological polar surface area (TPSA) is 356 Å². The van der Waals surface area contributed by atoms with Gasteiger partial charge in [0.25, 0.3) is 5.91 Å². The summed E-state index contributed by atoms with van der Waals surface area (Å²) in [5.41, 5.74) is 3.53. The van der Waals surface area contributed by atoms with Crippen LogP contribution < -0.4 is 40.9 Å². The number of pyridine rings is 1. The summed E-state index contributed by atoms with van der Waals surface area (Å²) in [6.45, 7) is 0.275. The lowest BCUT2D eigenvalue weighted by Gasteiger charge is -2.29. The predicted molar refractivity (Wildman–Crippen MR) is 253 cm³/mol. The van der Waals surface area contributed by atoms with E-state index in [1.165, 1.54) is 24.7 Å². The molecule has 0 spiro atoms. The van der Waals surface area contributed by atoms with Crippen LogP contribution in [0, 0.1) is 11.8 Å². The van der Waals surface area contributed by atoms with Gasteiger partial charge in [-0.2, -0.15) is 5.10 Å². The molecule has 24 heteroatoms. The Morgan fingerprint density at radius 2 is 1.40 bits per heavy atom. The van der Waals surface area contributed by atoms with Crippen molar-refractivity contribution < 1.29 is 63.6 Å². The van der Waals surface area contributed by atoms with E-state index in [1.54, 1.807) is 0 Å². The van der Waals surface area contributed by atoms with Gasteiger partial charge in [-0.25, -0.2) is 19.4 Å². The number of halogens is 1. The highest BCUT2D eigenvalue weighted by atomic mass is 127.